The van der Waals surface area contributed by atoms with Crippen LogP contribution >= 0.6 is 0 Å². The highest BCUT2D eigenvalue weighted by Gasteiger charge is 2.22. The molecule has 0 unspecified atom stereocenters. The van der Waals surface area contributed by atoms with Crippen LogP contribution in [0.25, 0.3) is 46.3 Å². The molecule has 0 aliphatic rings. The lowest BCUT2D eigenvalue weighted by Crippen LogP contribution is -2.30. The molecule has 2 amide bonds. The first kappa shape index (κ1) is 36.3. The average Bonchev–Trinajstić information content (AvgIpc) is 3.83. The number of hydrogen-bond donors (Lipinski definition) is 4. The minimum atomic E-state index is -0.630. The Morgan fingerprint density at radius 3 is 1.14 bits per heavy atom. The van der Waals surface area contributed by atoms with Crippen LogP contribution in [0.1, 0.15) is 62.5 Å². The van der Waals surface area contributed by atoms with E-state index in [1.54, 1.807) is 24.3 Å². The van der Waals surface area contributed by atoms with Crippen LogP contribution in [0, 0.1) is 17.8 Å². The Bertz CT molecular complexity index is 1860. The molecule has 0 bridgehead atoms. The van der Waals surface area contributed by atoms with E-state index in [2.05, 4.69) is 46.2 Å². The number of carbonyl (C=O) groups excluding carboxylic acids is 2. The Morgan fingerprint density at radius 2 is 0.843 bits per heavy atom. The summed E-state index contributed by atoms with van der Waals surface area (Å²) in [5.74, 6) is 11.3. The summed E-state index contributed by atoms with van der Waals surface area (Å²) in [4.78, 5) is 38.0. The number of hydrazine groups is 2. The highest BCUT2D eigenvalue weighted by molar-refractivity contribution is 5.93. The highest BCUT2D eigenvalue weighted by Crippen LogP contribution is 2.32. The van der Waals surface area contributed by atoms with Crippen LogP contribution in [-0.2, 0) is 0 Å². The lowest BCUT2D eigenvalue weighted by Gasteiger charge is -2.11. The van der Waals surface area contributed by atoms with Crippen LogP contribution in [0.3, 0.4) is 0 Å². The van der Waals surface area contributed by atoms with Crippen LogP contribution in [0.4, 0.5) is 0 Å². The van der Waals surface area contributed by atoms with Crippen LogP contribution in [0.15, 0.2) is 45.2 Å². The normalized spacial score (nSPS) is 11.3. The van der Waals surface area contributed by atoms with Gasteiger partial charge in [-0.05, 0) is 17.8 Å². The van der Waals surface area contributed by atoms with Crippen molar-refractivity contribution >= 4 is 11.8 Å². The molecule has 0 aliphatic heterocycles. The van der Waals surface area contributed by atoms with Gasteiger partial charge in [-0.25, -0.2) is 26.6 Å². The van der Waals surface area contributed by atoms with Crippen LogP contribution < -0.4 is 36.7 Å². The fraction of sp³-hybridized carbons (Fsp3) is 0.364. The second-order valence-electron chi connectivity index (χ2n) is 12.6. The van der Waals surface area contributed by atoms with Gasteiger partial charge in [-0.2, -0.15) is 0 Å². The van der Waals surface area contributed by atoms with E-state index in [4.69, 9.17) is 34.7 Å². The van der Waals surface area contributed by atoms with Crippen molar-refractivity contribution in [1.29, 1.82) is 0 Å². The monoisotopic (exact) mass is 701 g/mol. The number of aromatic nitrogens is 7. The van der Waals surface area contributed by atoms with Crippen molar-refractivity contribution < 1.29 is 32.6 Å². The molecular formula is C33H39N11O7. The Labute approximate surface area is 292 Å². The third kappa shape index (κ3) is 9.37. The van der Waals surface area contributed by atoms with E-state index in [1.165, 1.54) is 12.1 Å². The van der Waals surface area contributed by atoms with E-state index in [-0.39, 0.29) is 75.5 Å². The van der Waals surface area contributed by atoms with Gasteiger partial charge in [0.1, 0.15) is 51.4 Å². The number of amides is 2. The summed E-state index contributed by atoms with van der Waals surface area (Å²) >= 11 is 0. The maximum atomic E-state index is 12.4. The van der Waals surface area contributed by atoms with Crippen molar-refractivity contribution in [2.45, 2.75) is 41.5 Å². The molecule has 18 nitrogen and oxygen atoms in total. The molecule has 0 saturated heterocycles. The zero-order valence-electron chi connectivity index (χ0n) is 29.0. The molecule has 5 aromatic heterocycles. The predicted octanol–water partition coefficient (Wildman–Crippen LogP) is 3.62. The topological polar surface area (TPSA) is 254 Å². The third-order valence-corrected chi connectivity index (χ3v) is 6.60. The number of rotatable bonds is 15. The largest absolute Gasteiger partial charge is 0.493 e. The standard InChI is InChI=1S/C33H39N11O7/c1-16(2)13-47-19-7-22(28(45)39-34)36-24(9-19)30-41-43-32(50-30)26-11-21(49-15-18(5)6)12-27(38-26)33-44-42-31(51-33)25-10-20(48-14-17(3)4)8-23(37-25)29(46)40-35/h7-12,16-18H,13-15,34-35H2,1-6H3,(H,39,45)(H,40,46). The van der Waals surface area contributed by atoms with Gasteiger partial charge in [0, 0.05) is 36.4 Å². The quantitative estimate of drug-likeness (QED) is 0.0690. The minimum absolute atomic E-state index is 0.00696. The maximum absolute atomic E-state index is 12.4. The molecule has 268 valence electrons. The number of nitrogens with zero attached hydrogens (tertiary/aromatic N) is 7. The van der Waals surface area contributed by atoms with Gasteiger partial charge >= 0.3 is 0 Å². The number of hydrogen-bond acceptors (Lipinski definition) is 16. The maximum Gasteiger partial charge on any atom is 0.283 e. The van der Waals surface area contributed by atoms with Crippen molar-refractivity contribution in [3.8, 4) is 63.6 Å². The number of ether oxygens (including phenoxy) is 3. The second kappa shape index (κ2) is 16.1. The molecule has 0 saturated carbocycles. The van der Waals surface area contributed by atoms with Gasteiger partial charge in [0.25, 0.3) is 35.4 Å². The van der Waals surface area contributed by atoms with Gasteiger partial charge in [0.15, 0.2) is 0 Å². The summed E-state index contributed by atoms with van der Waals surface area (Å²) in [6, 6.07) is 9.33. The van der Waals surface area contributed by atoms with E-state index < -0.39 is 11.8 Å². The molecular weight excluding hydrogens is 662 g/mol. The smallest absolute Gasteiger partial charge is 0.283 e. The molecule has 0 atom stereocenters. The zero-order valence-corrected chi connectivity index (χ0v) is 29.0. The van der Waals surface area contributed by atoms with Crippen LogP contribution in [0.5, 0.6) is 17.2 Å². The summed E-state index contributed by atoms with van der Waals surface area (Å²) in [5.41, 5.74) is 4.92. The molecule has 5 heterocycles. The molecule has 0 radical (unpaired) electrons. The summed E-state index contributed by atoms with van der Waals surface area (Å²) in [6.07, 6.45) is 0. The Hall–Kier alpha value is -6.01. The van der Waals surface area contributed by atoms with Crippen molar-refractivity contribution in [3.63, 3.8) is 0 Å². The molecule has 0 aromatic carbocycles. The van der Waals surface area contributed by atoms with E-state index in [0.29, 0.717) is 37.1 Å². The van der Waals surface area contributed by atoms with Crippen LogP contribution in [0.2, 0.25) is 0 Å². The summed E-state index contributed by atoms with van der Waals surface area (Å²) in [6.45, 7) is 13.2. The summed E-state index contributed by atoms with van der Waals surface area (Å²) in [5, 5.41) is 16.7. The summed E-state index contributed by atoms with van der Waals surface area (Å²) < 4.78 is 29.7. The Morgan fingerprint density at radius 1 is 0.549 bits per heavy atom. The Kier molecular flexibility index (Phi) is 11.5. The first-order chi connectivity index (χ1) is 24.4. The predicted molar refractivity (Wildman–Crippen MR) is 182 cm³/mol. The zero-order chi connectivity index (χ0) is 36.7. The number of nitrogens with two attached hydrogens (primary N) is 2. The number of nitrogens with one attached hydrogen (secondary N) is 2. The SMILES string of the molecule is CC(C)COc1cc(C(=O)NN)nc(-c2nnc(-c3cc(OCC(C)C)cc(-c4nnc(-c5cc(OCC(C)C)cc(C(=O)NN)n5)o4)n3)o2)c1. The first-order valence-corrected chi connectivity index (χ1v) is 16.1. The van der Waals surface area contributed by atoms with Crippen LogP contribution in [-0.4, -0.2) is 67.0 Å². The number of pyridine rings is 3. The van der Waals surface area contributed by atoms with Crippen molar-refractivity contribution in [3.05, 3.63) is 47.8 Å². The van der Waals surface area contributed by atoms with Gasteiger partial charge in [0.05, 0.1) is 19.8 Å². The van der Waals surface area contributed by atoms with E-state index in [9.17, 15) is 9.59 Å². The van der Waals surface area contributed by atoms with Crippen molar-refractivity contribution in [2.75, 3.05) is 19.8 Å². The van der Waals surface area contributed by atoms with Crippen molar-refractivity contribution in [2.24, 2.45) is 29.4 Å². The molecule has 18 heteroatoms. The molecule has 51 heavy (non-hydrogen) atoms. The van der Waals surface area contributed by atoms with Gasteiger partial charge in [-0.1, -0.05) is 41.5 Å². The molecule has 6 N–H and O–H groups in total. The fourth-order valence-electron chi connectivity index (χ4n) is 4.23. The van der Waals surface area contributed by atoms with E-state index in [1.807, 2.05) is 41.5 Å². The molecule has 0 spiro atoms. The number of carbonyl (C=O) groups is 2. The third-order valence-electron chi connectivity index (χ3n) is 6.60. The second-order valence-corrected chi connectivity index (χ2v) is 12.6. The first-order valence-electron chi connectivity index (χ1n) is 16.1. The molecule has 0 fully saturated rings. The van der Waals surface area contributed by atoms with Gasteiger partial charge in [-0.3, -0.25) is 20.4 Å². The van der Waals surface area contributed by atoms with Gasteiger partial charge < -0.3 is 23.0 Å². The Balaban J connectivity index is 1.52. The van der Waals surface area contributed by atoms with Gasteiger partial charge in [-0.15, -0.1) is 20.4 Å². The lowest BCUT2D eigenvalue weighted by molar-refractivity contribution is 0.0940. The van der Waals surface area contributed by atoms with E-state index in [0.717, 1.165) is 0 Å². The molecule has 5 aromatic rings. The lowest BCUT2D eigenvalue weighted by atomic mass is 10.2. The average molecular weight is 702 g/mol. The summed E-state index contributed by atoms with van der Waals surface area (Å²) in [7, 11) is 0. The highest BCUT2D eigenvalue weighted by atomic mass is 16.5. The number of nitrogen functional groups attached to an aromatic ring is 2. The molecule has 0 aliphatic carbocycles. The fourth-order valence-corrected chi connectivity index (χ4v) is 4.23. The van der Waals surface area contributed by atoms with E-state index >= 15 is 0 Å². The van der Waals surface area contributed by atoms with Gasteiger partial charge in [0.2, 0.25) is 0 Å². The minimum Gasteiger partial charge on any atom is -0.493 e. The van der Waals surface area contributed by atoms with Crippen molar-refractivity contribution in [1.82, 2.24) is 46.2 Å². The molecule has 5 rings (SSSR count).